The number of ether oxygens (including phenoxy) is 1. The molecule has 0 aliphatic carbocycles. The van der Waals surface area contributed by atoms with Crippen molar-refractivity contribution in [2.24, 2.45) is 0 Å². The number of pyridine rings is 1. The summed E-state index contributed by atoms with van der Waals surface area (Å²) >= 11 is 0. The molecule has 6 heteroatoms. The average molecular weight is 1020 g/mol. The summed E-state index contributed by atoms with van der Waals surface area (Å²) in [6.07, 6.45) is 4.20. The molecule has 5 nitrogen and oxygen atoms in total. The van der Waals surface area contributed by atoms with Crippen LogP contribution in [0.4, 0.5) is 11.4 Å². The van der Waals surface area contributed by atoms with E-state index in [1.807, 2.05) is 24.4 Å². The van der Waals surface area contributed by atoms with E-state index >= 15 is 0 Å². The maximum atomic E-state index is 6.71. The van der Waals surface area contributed by atoms with Crippen molar-refractivity contribution in [2.75, 3.05) is 9.80 Å². The van der Waals surface area contributed by atoms with Crippen molar-refractivity contribution in [2.45, 2.75) is 90.9 Å². The number of hydrogen-bond donors (Lipinski definition) is 0. The molecule has 0 N–H and O–H groups in total. The third-order valence-corrected chi connectivity index (χ3v) is 12.8. The number of anilines is 2. The van der Waals surface area contributed by atoms with Gasteiger partial charge in [0.05, 0.1) is 0 Å². The average Bonchev–Trinajstić information content (AvgIpc) is 3.87. The molecule has 2 aromatic heterocycles. The largest absolute Gasteiger partial charge is 0.509 e. The molecule has 1 aliphatic heterocycles. The van der Waals surface area contributed by atoms with Crippen LogP contribution in [0.2, 0.25) is 0 Å². The van der Waals surface area contributed by atoms with Crippen LogP contribution in [0.15, 0.2) is 164 Å². The van der Waals surface area contributed by atoms with Crippen molar-refractivity contribution in [3.63, 3.8) is 0 Å². The zero-order chi connectivity index (χ0) is 44.3. The van der Waals surface area contributed by atoms with Crippen molar-refractivity contribution in [1.29, 1.82) is 0 Å². The first kappa shape index (κ1) is 44.7. The van der Waals surface area contributed by atoms with Gasteiger partial charge in [0.1, 0.15) is 5.82 Å². The Morgan fingerprint density at radius 2 is 1.14 bits per heavy atom. The zero-order valence-electron chi connectivity index (χ0n) is 38.6. The summed E-state index contributed by atoms with van der Waals surface area (Å²) in [6, 6.07) is 58.8. The minimum Gasteiger partial charge on any atom is -0.509 e. The second kappa shape index (κ2) is 16.9. The van der Waals surface area contributed by atoms with Gasteiger partial charge in [-0.25, -0.2) is 4.98 Å². The molecule has 6 aromatic carbocycles. The van der Waals surface area contributed by atoms with E-state index in [9.17, 15) is 0 Å². The molecular formula is C58H57N4OPt-3. The summed E-state index contributed by atoms with van der Waals surface area (Å²) in [7, 11) is 0. The van der Waals surface area contributed by atoms with E-state index in [0.29, 0.717) is 11.5 Å². The van der Waals surface area contributed by atoms with E-state index in [1.165, 1.54) is 27.8 Å². The maximum absolute atomic E-state index is 6.71. The second-order valence-corrected chi connectivity index (χ2v) is 20.0. The number of fused-ring (bicyclic) bond motifs is 3. The molecule has 1 aliphatic rings. The summed E-state index contributed by atoms with van der Waals surface area (Å²) in [6.45, 7) is 25.0. The van der Waals surface area contributed by atoms with Gasteiger partial charge in [-0.1, -0.05) is 160 Å². The SMILES string of the molecule is CC(C)(C)c1cc(N2C=C(C(C)(C)c3ccccc3)N(c3[c-]c(Oc4[c-]c5c(cc4)c4ccccc4n5-c4cc(C(C)(C)c5ccccc5)ccn4)ccc3)[CH-]2)cc(C(C)(C)C)c1.[Pt]. The third kappa shape index (κ3) is 8.43. The summed E-state index contributed by atoms with van der Waals surface area (Å²) in [5, 5.41) is 2.22. The van der Waals surface area contributed by atoms with Crippen LogP contribution in [-0.4, -0.2) is 9.55 Å². The maximum Gasteiger partial charge on any atom is 0.135 e. The van der Waals surface area contributed by atoms with Gasteiger partial charge in [-0.3, -0.25) is 0 Å². The van der Waals surface area contributed by atoms with Crippen LogP contribution in [-0.2, 0) is 42.7 Å². The van der Waals surface area contributed by atoms with Gasteiger partial charge in [0.2, 0.25) is 0 Å². The Bertz CT molecular complexity index is 2950. The molecule has 0 saturated carbocycles. The van der Waals surface area contributed by atoms with Gasteiger partial charge < -0.3 is 19.1 Å². The van der Waals surface area contributed by atoms with Gasteiger partial charge in [0.15, 0.2) is 0 Å². The van der Waals surface area contributed by atoms with Crippen LogP contribution in [0.5, 0.6) is 11.5 Å². The molecule has 0 radical (unpaired) electrons. The summed E-state index contributed by atoms with van der Waals surface area (Å²) in [5.74, 6) is 2.03. The molecule has 0 fully saturated rings. The predicted octanol–water partition coefficient (Wildman–Crippen LogP) is 14.8. The van der Waals surface area contributed by atoms with Crippen molar-refractivity contribution in [3.8, 4) is 17.3 Å². The summed E-state index contributed by atoms with van der Waals surface area (Å²) in [5.41, 5.74) is 10.8. The monoisotopic (exact) mass is 1020 g/mol. The topological polar surface area (TPSA) is 33.5 Å². The Kier molecular flexibility index (Phi) is 11.8. The number of rotatable bonds is 9. The number of benzene rings is 6. The van der Waals surface area contributed by atoms with Crippen molar-refractivity contribution in [1.82, 2.24) is 9.55 Å². The van der Waals surface area contributed by atoms with Crippen LogP contribution in [0.3, 0.4) is 0 Å². The first-order valence-corrected chi connectivity index (χ1v) is 22.0. The molecule has 0 saturated heterocycles. The number of para-hydroxylation sites is 1. The molecule has 8 aromatic rings. The Morgan fingerprint density at radius 3 is 1.80 bits per heavy atom. The van der Waals surface area contributed by atoms with Gasteiger partial charge in [-0.05, 0) is 80.6 Å². The van der Waals surface area contributed by atoms with Crippen molar-refractivity contribution < 1.29 is 25.8 Å². The number of nitrogens with zero attached hydrogens (tertiary/aromatic N) is 4. The van der Waals surface area contributed by atoms with Crippen molar-refractivity contribution >= 4 is 33.2 Å². The van der Waals surface area contributed by atoms with E-state index in [2.05, 4.69) is 236 Å². The van der Waals surface area contributed by atoms with E-state index in [-0.39, 0.29) is 42.7 Å². The number of allylic oxidation sites excluding steroid dienone is 1. The Balaban J connectivity index is 0.00000560. The Hall–Kier alpha value is -5.90. The van der Waals surface area contributed by atoms with Crippen LogP contribution in [0, 0.1) is 18.8 Å². The number of aromatic nitrogens is 2. The van der Waals surface area contributed by atoms with Gasteiger partial charge >= 0.3 is 0 Å². The smallest absolute Gasteiger partial charge is 0.135 e. The molecule has 0 unspecified atom stereocenters. The molecule has 3 heterocycles. The van der Waals surface area contributed by atoms with E-state index in [4.69, 9.17) is 9.72 Å². The molecule has 0 atom stereocenters. The van der Waals surface area contributed by atoms with E-state index in [0.717, 1.165) is 44.7 Å². The number of hydrogen-bond acceptors (Lipinski definition) is 4. The summed E-state index contributed by atoms with van der Waals surface area (Å²) < 4.78 is 8.92. The minimum atomic E-state index is -0.348. The quantitative estimate of drug-likeness (QED) is 0.135. The van der Waals surface area contributed by atoms with Crippen LogP contribution in [0.1, 0.15) is 97.1 Å². The first-order chi connectivity index (χ1) is 30.0. The molecular weight excluding hydrogens is 964 g/mol. The predicted molar refractivity (Wildman–Crippen MR) is 262 cm³/mol. The first-order valence-electron chi connectivity index (χ1n) is 22.0. The fraction of sp³-hybridized carbons (Fsp3) is 0.241. The van der Waals surface area contributed by atoms with Crippen molar-refractivity contribution in [3.05, 3.63) is 210 Å². The van der Waals surface area contributed by atoms with Crippen LogP contribution < -0.4 is 14.5 Å². The van der Waals surface area contributed by atoms with Gasteiger partial charge in [-0.15, -0.1) is 48.1 Å². The molecule has 0 spiro atoms. The molecule has 0 bridgehead atoms. The van der Waals surface area contributed by atoms with Gasteiger partial charge in [0, 0.05) is 66.5 Å². The molecule has 64 heavy (non-hydrogen) atoms. The Labute approximate surface area is 394 Å². The fourth-order valence-electron chi connectivity index (χ4n) is 8.72. The van der Waals surface area contributed by atoms with Gasteiger partial charge in [-0.2, -0.15) is 12.1 Å². The van der Waals surface area contributed by atoms with E-state index < -0.39 is 0 Å². The Morgan fingerprint density at radius 1 is 0.531 bits per heavy atom. The summed E-state index contributed by atoms with van der Waals surface area (Å²) in [4.78, 5) is 9.49. The van der Waals surface area contributed by atoms with Crippen LogP contribution in [0.25, 0.3) is 27.6 Å². The normalized spacial score (nSPS) is 13.6. The molecule has 9 rings (SSSR count). The third-order valence-electron chi connectivity index (χ3n) is 12.8. The standard InChI is InChI=1S/C58H57N4O.Pt/c1-55(2,3)43-32-44(56(4,5)6)34-46(33-43)60-38-53(58(9,10)41-22-15-12-16-23-41)61(39-60)45-24-19-25-47(36-45)63-48-28-29-50-49-26-17-18-27-51(49)62(52(50)37-48)54-35-42(30-31-59-54)57(7,8)40-20-13-11-14-21-40;/h11-35,38-39H,1-10H3;/q-3;. The van der Waals surface area contributed by atoms with Crippen LogP contribution >= 0.6 is 0 Å². The molecule has 328 valence electrons. The molecule has 0 amide bonds. The minimum absolute atomic E-state index is 0. The zero-order valence-corrected chi connectivity index (χ0v) is 40.9. The second-order valence-electron chi connectivity index (χ2n) is 20.0. The van der Waals surface area contributed by atoms with Gasteiger partial charge in [0.25, 0.3) is 0 Å². The fourth-order valence-corrected chi connectivity index (χ4v) is 8.72. The van der Waals surface area contributed by atoms with E-state index in [1.54, 1.807) is 0 Å².